The predicted molar refractivity (Wildman–Crippen MR) is 74.4 cm³/mol. The first-order chi connectivity index (χ1) is 8.74. The van der Waals surface area contributed by atoms with Crippen LogP contribution < -0.4 is 10.6 Å². The average molecular weight is 258 g/mol. The molecule has 2 heterocycles. The van der Waals surface area contributed by atoms with Gasteiger partial charge in [-0.3, -0.25) is 0 Å². The summed E-state index contributed by atoms with van der Waals surface area (Å²) in [6.07, 6.45) is 0. The fourth-order valence-electron chi connectivity index (χ4n) is 1.67. The molecule has 0 bridgehead atoms. The number of anilines is 2. The predicted octanol–water partition coefficient (Wildman–Crippen LogP) is 2.62. The van der Waals surface area contributed by atoms with E-state index in [-0.39, 0.29) is 5.69 Å². The molecule has 0 aliphatic carbocycles. The van der Waals surface area contributed by atoms with E-state index in [1.54, 1.807) is 17.4 Å². The molecule has 0 atom stereocenters. The molecule has 5 heteroatoms. The number of hydrogen-bond acceptors (Lipinski definition) is 5. The minimum absolute atomic E-state index is 0.289. The monoisotopic (exact) mass is 258 g/mol. The lowest BCUT2D eigenvalue weighted by molar-refractivity contribution is 0.822. The largest absolute Gasteiger partial charge is 0.396 e. The van der Waals surface area contributed by atoms with E-state index >= 15 is 0 Å². The minimum atomic E-state index is 0.289. The van der Waals surface area contributed by atoms with Crippen LogP contribution in [0.1, 0.15) is 17.5 Å². The summed E-state index contributed by atoms with van der Waals surface area (Å²) < 4.78 is 0. The molecule has 2 aromatic rings. The van der Waals surface area contributed by atoms with E-state index in [4.69, 9.17) is 11.0 Å². The molecule has 0 amide bonds. The van der Waals surface area contributed by atoms with Crippen LogP contribution in [-0.2, 0) is 6.54 Å². The van der Waals surface area contributed by atoms with Gasteiger partial charge in [0.2, 0.25) is 0 Å². The van der Waals surface area contributed by atoms with Gasteiger partial charge in [-0.25, -0.2) is 4.98 Å². The van der Waals surface area contributed by atoms with Gasteiger partial charge >= 0.3 is 0 Å². The van der Waals surface area contributed by atoms with Gasteiger partial charge in [0, 0.05) is 11.4 Å². The average Bonchev–Trinajstić information content (AvgIpc) is 2.89. The normalized spacial score (nSPS) is 10.0. The number of thiophene rings is 1. The van der Waals surface area contributed by atoms with Crippen LogP contribution in [0.4, 0.5) is 11.5 Å². The molecule has 92 valence electrons. The summed E-state index contributed by atoms with van der Waals surface area (Å²) in [6, 6.07) is 9.73. The quantitative estimate of drug-likeness (QED) is 0.915. The molecule has 0 aliphatic rings. The Morgan fingerprint density at radius 1 is 1.44 bits per heavy atom. The number of pyridine rings is 1. The Hall–Kier alpha value is -2.06. The van der Waals surface area contributed by atoms with Gasteiger partial charge in [-0.05, 0) is 30.5 Å². The lowest BCUT2D eigenvalue weighted by atomic mass is 10.3. The molecule has 2 rings (SSSR count). The Labute approximate surface area is 110 Å². The van der Waals surface area contributed by atoms with Crippen LogP contribution in [-0.4, -0.2) is 11.5 Å². The third kappa shape index (κ3) is 2.60. The van der Waals surface area contributed by atoms with Crippen molar-refractivity contribution in [1.82, 2.24) is 4.98 Å². The molecule has 0 saturated carbocycles. The summed E-state index contributed by atoms with van der Waals surface area (Å²) in [5, 5.41) is 11.0. The van der Waals surface area contributed by atoms with Gasteiger partial charge in [-0.15, -0.1) is 11.3 Å². The smallest absolute Gasteiger partial charge is 0.165 e. The van der Waals surface area contributed by atoms with Gasteiger partial charge in [0.15, 0.2) is 5.69 Å². The third-order valence-electron chi connectivity index (χ3n) is 2.65. The number of aromatic nitrogens is 1. The van der Waals surface area contributed by atoms with Crippen molar-refractivity contribution >= 4 is 22.8 Å². The zero-order valence-corrected chi connectivity index (χ0v) is 10.9. The second-order valence-corrected chi connectivity index (χ2v) is 4.84. The zero-order valence-electron chi connectivity index (χ0n) is 10.1. The van der Waals surface area contributed by atoms with E-state index in [9.17, 15) is 0 Å². The number of hydrogen-bond donors (Lipinski definition) is 1. The van der Waals surface area contributed by atoms with Gasteiger partial charge in [-0.2, -0.15) is 5.26 Å². The summed E-state index contributed by atoms with van der Waals surface area (Å²) in [4.78, 5) is 7.68. The van der Waals surface area contributed by atoms with E-state index in [1.165, 1.54) is 4.88 Å². The number of rotatable bonds is 4. The first kappa shape index (κ1) is 12.4. The first-order valence-corrected chi connectivity index (χ1v) is 6.56. The van der Waals surface area contributed by atoms with E-state index in [2.05, 4.69) is 28.3 Å². The van der Waals surface area contributed by atoms with Crippen molar-refractivity contribution in [2.45, 2.75) is 13.5 Å². The SMILES string of the molecule is CCN(Cc1cccs1)c1ccc(N)c(C#N)n1. The molecule has 2 aromatic heterocycles. The highest BCUT2D eigenvalue weighted by atomic mass is 32.1. The van der Waals surface area contributed by atoms with Crippen LogP contribution in [0.5, 0.6) is 0 Å². The summed E-state index contributed by atoms with van der Waals surface area (Å²) in [6.45, 7) is 3.70. The first-order valence-electron chi connectivity index (χ1n) is 5.68. The summed E-state index contributed by atoms with van der Waals surface area (Å²) >= 11 is 1.72. The summed E-state index contributed by atoms with van der Waals surface area (Å²) in [5.41, 5.74) is 6.39. The molecule has 0 unspecified atom stereocenters. The van der Waals surface area contributed by atoms with E-state index in [0.29, 0.717) is 5.69 Å². The van der Waals surface area contributed by atoms with Gasteiger partial charge in [0.25, 0.3) is 0 Å². The second-order valence-electron chi connectivity index (χ2n) is 3.81. The molecule has 4 nitrogen and oxygen atoms in total. The molecule has 0 aliphatic heterocycles. The van der Waals surface area contributed by atoms with Crippen molar-refractivity contribution in [2.24, 2.45) is 0 Å². The number of nitrogens with zero attached hydrogens (tertiary/aromatic N) is 3. The van der Waals surface area contributed by atoms with Crippen molar-refractivity contribution in [3.63, 3.8) is 0 Å². The Morgan fingerprint density at radius 3 is 2.89 bits per heavy atom. The molecular formula is C13H14N4S. The standard InChI is InChI=1S/C13H14N4S/c1-2-17(9-10-4-3-7-18-10)13-6-5-11(15)12(8-14)16-13/h3-7H,2,9,15H2,1H3. The Morgan fingerprint density at radius 2 is 2.28 bits per heavy atom. The highest BCUT2D eigenvalue weighted by molar-refractivity contribution is 7.09. The summed E-state index contributed by atoms with van der Waals surface area (Å²) in [7, 11) is 0. The zero-order chi connectivity index (χ0) is 13.0. The van der Waals surface area contributed by atoms with E-state index in [1.807, 2.05) is 18.2 Å². The summed E-state index contributed by atoms with van der Waals surface area (Å²) in [5.74, 6) is 0.789. The lowest BCUT2D eigenvalue weighted by Gasteiger charge is -2.21. The van der Waals surface area contributed by atoms with Gasteiger partial charge in [0.1, 0.15) is 11.9 Å². The lowest BCUT2D eigenvalue weighted by Crippen LogP contribution is -2.22. The van der Waals surface area contributed by atoms with Gasteiger partial charge in [-0.1, -0.05) is 6.07 Å². The fraction of sp³-hybridized carbons (Fsp3) is 0.231. The minimum Gasteiger partial charge on any atom is -0.396 e. The van der Waals surface area contributed by atoms with Crippen LogP contribution in [0.3, 0.4) is 0 Å². The maximum absolute atomic E-state index is 8.95. The van der Waals surface area contributed by atoms with E-state index < -0.39 is 0 Å². The molecule has 0 spiro atoms. The number of nitrogen functional groups attached to an aromatic ring is 1. The van der Waals surface area contributed by atoms with Crippen molar-refractivity contribution in [3.8, 4) is 6.07 Å². The van der Waals surface area contributed by atoms with Gasteiger partial charge in [0.05, 0.1) is 12.2 Å². The van der Waals surface area contributed by atoms with Crippen molar-refractivity contribution < 1.29 is 0 Å². The van der Waals surface area contributed by atoms with Crippen molar-refractivity contribution in [2.75, 3.05) is 17.2 Å². The molecule has 0 saturated heterocycles. The van der Waals surface area contributed by atoms with Crippen LogP contribution in [0.25, 0.3) is 0 Å². The molecular weight excluding hydrogens is 244 g/mol. The maximum Gasteiger partial charge on any atom is 0.165 e. The molecule has 2 N–H and O–H groups in total. The van der Waals surface area contributed by atoms with Gasteiger partial charge < -0.3 is 10.6 Å². The molecule has 0 radical (unpaired) electrons. The molecule has 18 heavy (non-hydrogen) atoms. The molecule has 0 aromatic carbocycles. The third-order valence-corrected chi connectivity index (χ3v) is 3.51. The molecule has 0 fully saturated rings. The topological polar surface area (TPSA) is 65.9 Å². The van der Waals surface area contributed by atoms with Crippen molar-refractivity contribution in [1.29, 1.82) is 5.26 Å². The fourth-order valence-corrected chi connectivity index (χ4v) is 2.39. The Balaban J connectivity index is 2.25. The Kier molecular flexibility index (Phi) is 3.80. The Bertz CT molecular complexity index is 557. The van der Waals surface area contributed by atoms with Crippen LogP contribution in [0.2, 0.25) is 0 Å². The number of nitriles is 1. The van der Waals surface area contributed by atoms with Crippen molar-refractivity contribution in [3.05, 3.63) is 40.2 Å². The van der Waals surface area contributed by atoms with E-state index in [0.717, 1.165) is 18.9 Å². The van der Waals surface area contributed by atoms with Crippen LogP contribution in [0, 0.1) is 11.3 Å². The second kappa shape index (κ2) is 5.52. The highest BCUT2D eigenvalue weighted by Gasteiger charge is 2.09. The highest BCUT2D eigenvalue weighted by Crippen LogP contribution is 2.20. The van der Waals surface area contributed by atoms with Crippen LogP contribution in [0.15, 0.2) is 29.6 Å². The van der Waals surface area contributed by atoms with Crippen LogP contribution >= 0.6 is 11.3 Å². The number of nitrogens with two attached hydrogens (primary N) is 1. The maximum atomic E-state index is 8.95.